The first-order valence-electron chi connectivity index (χ1n) is 32.6. The second-order valence-corrected chi connectivity index (χ2v) is 26.9. The summed E-state index contributed by atoms with van der Waals surface area (Å²) in [6.45, 7) is 7.01. The molecule has 3 nitrogen and oxygen atoms in total. The molecule has 14 aromatic carbocycles. The van der Waals surface area contributed by atoms with E-state index >= 15 is 0 Å². The molecule has 0 fully saturated rings. The highest BCUT2D eigenvalue weighted by Gasteiger charge is 2.57. The SMILES string of the molecule is Cc1cccc(-c2cc3c(c4c2oc2ccccc24)-c2ccc(N(c4ccc(-c5ccccc5)cc4)c4ccc5c(c4)C4(c6ccccc6-c6ccccc64)c4cc6c(cc4-5)C4(c5ccccc5-c5ccccc54)c4ccc5oc7ccccc7c5c4-6)cc2C3(C)C)c1. The molecule has 0 bridgehead atoms. The number of rotatable bonds is 5. The van der Waals surface area contributed by atoms with Crippen molar-refractivity contribution in [3.8, 4) is 77.9 Å². The van der Waals surface area contributed by atoms with Gasteiger partial charge in [0.05, 0.1) is 10.8 Å². The molecular formula is C90H57NO2. The molecule has 3 heteroatoms. The Morgan fingerprint density at radius 2 is 0.742 bits per heavy atom. The van der Waals surface area contributed by atoms with Gasteiger partial charge in [0.15, 0.2) is 0 Å². The minimum atomic E-state index is -0.686. The van der Waals surface area contributed by atoms with Crippen LogP contribution in [0.3, 0.4) is 0 Å². The van der Waals surface area contributed by atoms with E-state index in [0.717, 1.165) is 61.3 Å². The Kier molecular flexibility index (Phi) is 9.99. The van der Waals surface area contributed by atoms with Crippen LogP contribution in [0, 0.1) is 6.92 Å². The first-order chi connectivity index (χ1) is 45.8. The summed E-state index contributed by atoms with van der Waals surface area (Å²) < 4.78 is 13.8. The number of fused-ring (bicyclic) bond motifs is 31. The van der Waals surface area contributed by atoms with Crippen molar-refractivity contribution in [2.24, 2.45) is 0 Å². The molecule has 5 aliphatic carbocycles. The summed E-state index contributed by atoms with van der Waals surface area (Å²) >= 11 is 0. The van der Waals surface area contributed by atoms with Crippen molar-refractivity contribution in [2.75, 3.05) is 4.90 Å². The van der Waals surface area contributed by atoms with E-state index in [1.165, 1.54) is 139 Å². The van der Waals surface area contributed by atoms with Crippen LogP contribution in [0.5, 0.6) is 0 Å². The van der Waals surface area contributed by atoms with E-state index in [4.69, 9.17) is 8.83 Å². The van der Waals surface area contributed by atoms with E-state index in [1.807, 2.05) is 0 Å². The Labute approximate surface area is 538 Å². The third-order valence-corrected chi connectivity index (χ3v) is 22.1. The van der Waals surface area contributed by atoms with Crippen molar-refractivity contribution in [1.29, 1.82) is 0 Å². The second kappa shape index (κ2) is 18.1. The first-order valence-corrected chi connectivity index (χ1v) is 32.6. The average Bonchev–Trinajstić information content (AvgIpc) is 1.49. The van der Waals surface area contributed by atoms with Gasteiger partial charge in [0.25, 0.3) is 0 Å². The number of aryl methyl sites for hydroxylation is 1. The van der Waals surface area contributed by atoms with Crippen LogP contribution >= 0.6 is 0 Å². The fourth-order valence-corrected chi connectivity index (χ4v) is 18.3. The Hall–Kier alpha value is -11.5. The summed E-state index contributed by atoms with van der Waals surface area (Å²) in [5.41, 5.74) is 36.8. The maximum atomic E-state index is 6.96. The molecule has 2 spiro atoms. The van der Waals surface area contributed by atoms with Crippen molar-refractivity contribution in [3.05, 3.63) is 352 Å². The van der Waals surface area contributed by atoms with E-state index in [-0.39, 0.29) is 5.41 Å². The van der Waals surface area contributed by atoms with Gasteiger partial charge in [0.1, 0.15) is 22.3 Å². The zero-order valence-electron chi connectivity index (χ0n) is 51.5. The van der Waals surface area contributed by atoms with Crippen molar-refractivity contribution < 1.29 is 8.83 Å². The number of nitrogens with zero attached hydrogens (tertiary/aromatic N) is 1. The van der Waals surface area contributed by atoms with Crippen molar-refractivity contribution >= 4 is 60.9 Å². The topological polar surface area (TPSA) is 29.5 Å². The average molecular weight is 1180 g/mol. The predicted octanol–water partition coefficient (Wildman–Crippen LogP) is 23.6. The second-order valence-electron chi connectivity index (χ2n) is 26.9. The molecular weight excluding hydrogens is 1130 g/mol. The molecule has 0 atom stereocenters. The van der Waals surface area contributed by atoms with Gasteiger partial charge in [-0.15, -0.1) is 0 Å². The zero-order valence-corrected chi connectivity index (χ0v) is 51.5. The summed E-state index contributed by atoms with van der Waals surface area (Å²) in [4.78, 5) is 2.53. The van der Waals surface area contributed by atoms with E-state index in [9.17, 15) is 0 Å². The first kappa shape index (κ1) is 51.2. The van der Waals surface area contributed by atoms with Gasteiger partial charge >= 0.3 is 0 Å². The molecule has 0 aliphatic heterocycles. The number of benzene rings is 14. The molecule has 434 valence electrons. The van der Waals surface area contributed by atoms with Crippen LogP contribution in [0.15, 0.2) is 300 Å². The largest absolute Gasteiger partial charge is 0.456 e. The summed E-state index contributed by atoms with van der Waals surface area (Å²) in [7, 11) is 0. The smallest absolute Gasteiger partial charge is 0.143 e. The minimum Gasteiger partial charge on any atom is -0.456 e. The van der Waals surface area contributed by atoms with Crippen molar-refractivity contribution in [2.45, 2.75) is 37.0 Å². The normalized spacial score (nSPS) is 14.7. The number of hydrogen-bond acceptors (Lipinski definition) is 3. The van der Waals surface area contributed by atoms with Gasteiger partial charge in [-0.2, -0.15) is 0 Å². The standard InChI is InChI=1S/C90H57NO2/c1-52-20-19-23-55(46-52)67-49-79-83(86-66-29-12-18-35-81(66)93-87(67)86)64-43-41-57(47-75(64)88(79,2)3)91(56-38-36-54(37-39-56)53-21-5-4-6-22-53)58-40-42-63-68-50-78-69(51-77(68)90(76(63)48-58)72-32-15-9-26-61(72)62-27-10-16-33-73(62)90)84-74(44-45-82-85(84)65-28-11-17-34-80(65)92-82)89(78)70-30-13-7-24-59(70)60-25-8-14-31-71(60)89/h4-51H,1-3H3. The quantitative estimate of drug-likeness (QED) is 0.172. The molecule has 0 amide bonds. The highest BCUT2D eigenvalue weighted by Crippen LogP contribution is 2.70. The van der Waals surface area contributed by atoms with E-state index in [2.05, 4.69) is 317 Å². The molecule has 0 unspecified atom stereocenters. The number of para-hydroxylation sites is 2. The van der Waals surface area contributed by atoms with Crippen molar-refractivity contribution in [3.63, 3.8) is 0 Å². The molecule has 93 heavy (non-hydrogen) atoms. The maximum Gasteiger partial charge on any atom is 0.143 e. The Morgan fingerprint density at radius 3 is 1.40 bits per heavy atom. The van der Waals surface area contributed by atoms with Gasteiger partial charge in [-0.25, -0.2) is 0 Å². The molecule has 2 heterocycles. The van der Waals surface area contributed by atoms with Crippen LogP contribution in [0.4, 0.5) is 17.1 Å². The van der Waals surface area contributed by atoms with Crippen molar-refractivity contribution in [1.82, 2.24) is 0 Å². The van der Waals surface area contributed by atoms with Gasteiger partial charge in [-0.05, 0) is 208 Å². The van der Waals surface area contributed by atoms with Crippen LogP contribution in [-0.2, 0) is 16.2 Å². The van der Waals surface area contributed by atoms with Crippen LogP contribution in [0.25, 0.3) is 122 Å². The summed E-state index contributed by atoms with van der Waals surface area (Å²) in [5, 5.41) is 4.63. The molecule has 0 saturated carbocycles. The minimum absolute atomic E-state index is 0.374. The monoisotopic (exact) mass is 1180 g/mol. The Bertz CT molecular complexity index is 5900. The fourth-order valence-electron chi connectivity index (χ4n) is 18.3. The number of hydrogen-bond donors (Lipinski definition) is 0. The molecule has 0 radical (unpaired) electrons. The molecule has 5 aliphatic rings. The summed E-state index contributed by atoms with van der Waals surface area (Å²) in [6.07, 6.45) is 0. The third-order valence-electron chi connectivity index (χ3n) is 22.1. The van der Waals surface area contributed by atoms with Gasteiger partial charge in [0.2, 0.25) is 0 Å². The predicted molar refractivity (Wildman–Crippen MR) is 381 cm³/mol. The lowest BCUT2D eigenvalue weighted by Gasteiger charge is -2.33. The van der Waals surface area contributed by atoms with Gasteiger partial charge in [0, 0.05) is 49.6 Å². The Morgan fingerprint density at radius 1 is 0.269 bits per heavy atom. The highest BCUT2D eigenvalue weighted by atomic mass is 16.3. The lowest BCUT2D eigenvalue weighted by Crippen LogP contribution is -2.27. The van der Waals surface area contributed by atoms with E-state index in [0.29, 0.717) is 0 Å². The van der Waals surface area contributed by atoms with Gasteiger partial charge < -0.3 is 13.7 Å². The summed E-state index contributed by atoms with van der Waals surface area (Å²) in [5.74, 6) is 0. The lowest BCUT2D eigenvalue weighted by molar-refractivity contribution is 0.657. The fraction of sp³-hybridized carbons (Fsp3) is 0.0667. The van der Waals surface area contributed by atoms with E-state index in [1.54, 1.807) is 0 Å². The Balaban J connectivity index is 0.829. The van der Waals surface area contributed by atoms with Gasteiger partial charge in [-0.3, -0.25) is 0 Å². The number of anilines is 3. The van der Waals surface area contributed by atoms with E-state index < -0.39 is 10.8 Å². The molecule has 21 rings (SSSR count). The zero-order chi connectivity index (χ0) is 61.2. The third kappa shape index (κ3) is 6.44. The van der Waals surface area contributed by atoms with Crippen LogP contribution in [-0.4, -0.2) is 0 Å². The van der Waals surface area contributed by atoms with Crippen LogP contribution < -0.4 is 4.90 Å². The van der Waals surface area contributed by atoms with Crippen LogP contribution in [0.2, 0.25) is 0 Å². The highest BCUT2D eigenvalue weighted by molar-refractivity contribution is 6.20. The van der Waals surface area contributed by atoms with Crippen LogP contribution in [0.1, 0.15) is 75.0 Å². The molecule has 0 saturated heterocycles. The number of furan rings is 2. The maximum absolute atomic E-state index is 6.96. The lowest BCUT2D eigenvalue weighted by atomic mass is 9.68. The van der Waals surface area contributed by atoms with Gasteiger partial charge in [-0.1, -0.05) is 238 Å². The molecule has 2 aromatic heterocycles. The summed E-state index contributed by atoms with van der Waals surface area (Å²) in [6, 6.07) is 110. The molecule has 16 aromatic rings. The molecule has 0 N–H and O–H groups in total.